The van der Waals surface area contributed by atoms with E-state index in [2.05, 4.69) is 35.5 Å². The lowest BCUT2D eigenvalue weighted by atomic mass is 9.93. The second-order valence-electron chi connectivity index (χ2n) is 5.05. The minimum absolute atomic E-state index is 0.122. The van der Waals surface area contributed by atoms with Crippen LogP contribution in [-0.2, 0) is 0 Å². The van der Waals surface area contributed by atoms with Gasteiger partial charge in [-0.1, -0.05) is 19.3 Å². The summed E-state index contributed by atoms with van der Waals surface area (Å²) in [5, 5.41) is 0. The van der Waals surface area contributed by atoms with Crippen LogP contribution in [0.1, 0.15) is 49.4 Å². The fourth-order valence-electron chi connectivity index (χ4n) is 2.79. The molecular formula is C15H20BrNOS. The third kappa shape index (κ3) is 3.54. The number of rotatable bonds is 3. The van der Waals surface area contributed by atoms with Crippen molar-refractivity contribution in [3.8, 4) is 0 Å². The van der Waals surface area contributed by atoms with Gasteiger partial charge in [-0.05, 0) is 53.9 Å². The van der Waals surface area contributed by atoms with Crippen LogP contribution in [0.3, 0.4) is 0 Å². The monoisotopic (exact) mass is 341 g/mol. The normalized spacial score (nSPS) is 16.4. The van der Waals surface area contributed by atoms with E-state index in [4.69, 9.17) is 0 Å². The molecule has 0 radical (unpaired) electrons. The molecule has 19 heavy (non-hydrogen) atoms. The van der Waals surface area contributed by atoms with E-state index in [0.29, 0.717) is 6.04 Å². The molecule has 0 aliphatic heterocycles. The number of carbonyl (C=O) groups excluding carboxylic acids is 1. The number of benzene rings is 1. The first-order chi connectivity index (χ1) is 9.13. The van der Waals surface area contributed by atoms with Crippen LogP contribution in [0, 0.1) is 0 Å². The molecule has 0 spiro atoms. The largest absolute Gasteiger partial charge is 0.336 e. The van der Waals surface area contributed by atoms with E-state index in [1.54, 1.807) is 0 Å². The Hall–Kier alpha value is -0.480. The van der Waals surface area contributed by atoms with E-state index in [1.165, 1.54) is 19.3 Å². The predicted octanol–water partition coefficient (Wildman–Crippen LogP) is 4.53. The Labute approximate surface area is 129 Å². The lowest BCUT2D eigenvalue weighted by molar-refractivity contribution is 0.0646. The zero-order chi connectivity index (χ0) is 13.8. The van der Waals surface area contributed by atoms with Gasteiger partial charge in [0, 0.05) is 22.0 Å². The minimum Gasteiger partial charge on any atom is -0.336 e. The molecule has 0 atom stereocenters. The number of amides is 1. The summed E-state index contributed by atoms with van der Waals surface area (Å²) in [6, 6.07) is 6.04. The molecule has 104 valence electrons. The molecule has 1 aromatic carbocycles. The molecule has 1 aliphatic rings. The Morgan fingerprint density at radius 3 is 2.68 bits per heavy atom. The van der Waals surface area contributed by atoms with Gasteiger partial charge in [-0.15, -0.1) is 12.6 Å². The summed E-state index contributed by atoms with van der Waals surface area (Å²) in [5.41, 5.74) is 0.722. The first kappa shape index (κ1) is 14.9. The van der Waals surface area contributed by atoms with Gasteiger partial charge in [0.25, 0.3) is 5.91 Å². The van der Waals surface area contributed by atoms with Crippen LogP contribution in [0.4, 0.5) is 0 Å². The Kier molecular flexibility index (Phi) is 5.34. The van der Waals surface area contributed by atoms with E-state index in [1.807, 2.05) is 23.1 Å². The highest BCUT2D eigenvalue weighted by Gasteiger charge is 2.26. The summed E-state index contributed by atoms with van der Waals surface area (Å²) < 4.78 is 0.851. The highest BCUT2D eigenvalue weighted by Crippen LogP contribution is 2.27. The molecule has 1 saturated carbocycles. The van der Waals surface area contributed by atoms with Crippen molar-refractivity contribution in [2.75, 3.05) is 6.54 Å². The Morgan fingerprint density at radius 2 is 2.05 bits per heavy atom. The topological polar surface area (TPSA) is 20.3 Å². The molecule has 1 fully saturated rings. The molecule has 1 amide bonds. The van der Waals surface area contributed by atoms with Crippen molar-refractivity contribution in [1.82, 2.24) is 4.90 Å². The van der Waals surface area contributed by atoms with E-state index in [9.17, 15) is 4.79 Å². The van der Waals surface area contributed by atoms with Gasteiger partial charge >= 0.3 is 0 Å². The molecule has 1 aliphatic carbocycles. The lowest BCUT2D eigenvalue weighted by Crippen LogP contribution is -2.41. The molecule has 0 saturated heterocycles. The molecule has 2 rings (SSSR count). The van der Waals surface area contributed by atoms with Crippen LogP contribution < -0.4 is 0 Å². The summed E-state index contributed by atoms with van der Waals surface area (Å²) in [6.45, 7) is 2.83. The summed E-state index contributed by atoms with van der Waals surface area (Å²) in [4.78, 5) is 15.6. The molecule has 0 N–H and O–H groups in total. The maximum absolute atomic E-state index is 12.7. The molecule has 0 unspecified atom stereocenters. The molecule has 0 bridgehead atoms. The molecular weight excluding hydrogens is 322 g/mol. The average molecular weight is 342 g/mol. The summed E-state index contributed by atoms with van der Waals surface area (Å²) in [6.07, 6.45) is 6.05. The van der Waals surface area contributed by atoms with Crippen molar-refractivity contribution in [2.45, 2.75) is 50.0 Å². The number of carbonyl (C=O) groups is 1. The zero-order valence-electron chi connectivity index (χ0n) is 11.2. The Bertz CT molecular complexity index is 457. The number of thiol groups is 1. The fraction of sp³-hybridized carbons (Fsp3) is 0.533. The molecule has 1 aromatic rings. The minimum atomic E-state index is 0.122. The SMILES string of the molecule is CCN(C(=O)c1cc(S)ccc1Br)C1CCCCC1. The van der Waals surface area contributed by atoms with Crippen LogP contribution in [0.2, 0.25) is 0 Å². The van der Waals surface area contributed by atoms with Gasteiger partial charge in [0.05, 0.1) is 5.56 Å². The van der Waals surface area contributed by atoms with Crippen molar-refractivity contribution in [3.63, 3.8) is 0 Å². The summed E-state index contributed by atoms with van der Waals surface area (Å²) >= 11 is 7.80. The Balaban J connectivity index is 2.22. The second kappa shape index (κ2) is 6.80. The number of nitrogens with zero attached hydrogens (tertiary/aromatic N) is 1. The highest BCUT2D eigenvalue weighted by molar-refractivity contribution is 9.10. The first-order valence-electron chi connectivity index (χ1n) is 6.93. The number of hydrogen-bond donors (Lipinski definition) is 1. The maximum atomic E-state index is 12.7. The first-order valence-corrected chi connectivity index (χ1v) is 8.17. The number of hydrogen-bond acceptors (Lipinski definition) is 2. The van der Waals surface area contributed by atoms with Crippen molar-refractivity contribution in [1.29, 1.82) is 0 Å². The zero-order valence-corrected chi connectivity index (χ0v) is 13.7. The average Bonchev–Trinajstić information content (AvgIpc) is 2.43. The Morgan fingerprint density at radius 1 is 1.37 bits per heavy atom. The van der Waals surface area contributed by atoms with Crippen LogP contribution in [0.25, 0.3) is 0 Å². The fourth-order valence-corrected chi connectivity index (χ4v) is 3.41. The quantitative estimate of drug-likeness (QED) is 0.800. The van der Waals surface area contributed by atoms with Crippen molar-refractivity contribution < 1.29 is 4.79 Å². The van der Waals surface area contributed by atoms with Crippen LogP contribution in [0.15, 0.2) is 27.6 Å². The van der Waals surface area contributed by atoms with E-state index in [-0.39, 0.29) is 5.91 Å². The van der Waals surface area contributed by atoms with Crippen molar-refractivity contribution in [3.05, 3.63) is 28.2 Å². The van der Waals surface area contributed by atoms with Gasteiger partial charge in [0.15, 0.2) is 0 Å². The van der Waals surface area contributed by atoms with Gasteiger partial charge in [-0.25, -0.2) is 0 Å². The molecule has 0 heterocycles. The third-order valence-electron chi connectivity index (χ3n) is 3.80. The molecule has 4 heteroatoms. The van der Waals surface area contributed by atoms with Crippen LogP contribution >= 0.6 is 28.6 Å². The standard InChI is InChI=1S/C15H20BrNOS/c1-2-17(11-6-4-3-5-7-11)15(18)13-10-12(19)8-9-14(13)16/h8-11,19H,2-7H2,1H3. The second-order valence-corrected chi connectivity index (χ2v) is 6.42. The van der Waals surface area contributed by atoms with Gasteiger partial charge in [0.1, 0.15) is 0 Å². The van der Waals surface area contributed by atoms with Crippen LogP contribution in [0.5, 0.6) is 0 Å². The van der Waals surface area contributed by atoms with Crippen molar-refractivity contribution >= 4 is 34.5 Å². The highest BCUT2D eigenvalue weighted by atomic mass is 79.9. The smallest absolute Gasteiger partial charge is 0.255 e. The van der Waals surface area contributed by atoms with Gasteiger partial charge in [-0.3, -0.25) is 4.79 Å². The number of halogens is 1. The van der Waals surface area contributed by atoms with Gasteiger partial charge < -0.3 is 4.90 Å². The van der Waals surface area contributed by atoms with E-state index in [0.717, 1.165) is 34.3 Å². The van der Waals surface area contributed by atoms with Gasteiger partial charge in [-0.2, -0.15) is 0 Å². The van der Waals surface area contributed by atoms with E-state index >= 15 is 0 Å². The lowest BCUT2D eigenvalue weighted by Gasteiger charge is -2.34. The van der Waals surface area contributed by atoms with Gasteiger partial charge in [0.2, 0.25) is 0 Å². The summed E-state index contributed by atoms with van der Waals surface area (Å²) in [7, 11) is 0. The van der Waals surface area contributed by atoms with Crippen molar-refractivity contribution in [2.24, 2.45) is 0 Å². The van der Waals surface area contributed by atoms with E-state index < -0.39 is 0 Å². The maximum Gasteiger partial charge on any atom is 0.255 e. The van der Waals surface area contributed by atoms with Crippen LogP contribution in [-0.4, -0.2) is 23.4 Å². The third-order valence-corrected chi connectivity index (χ3v) is 4.77. The molecule has 0 aromatic heterocycles. The molecule has 2 nitrogen and oxygen atoms in total. The predicted molar refractivity (Wildman–Crippen MR) is 85.0 cm³/mol. The summed E-state index contributed by atoms with van der Waals surface area (Å²) in [5.74, 6) is 0.122.